The fraction of sp³-hybridized carbons (Fsp3) is 0.273. The maximum atomic E-state index is 12.9. The van der Waals surface area contributed by atoms with Crippen LogP contribution in [0.3, 0.4) is 0 Å². The van der Waals surface area contributed by atoms with Crippen LogP contribution in [0.2, 0.25) is 0 Å². The topological polar surface area (TPSA) is 34.1 Å². The van der Waals surface area contributed by atoms with Gasteiger partial charge in [0.2, 0.25) is 0 Å². The lowest BCUT2D eigenvalue weighted by Gasteiger charge is -2.00. The molecule has 1 aromatic rings. The molecule has 0 amide bonds. The summed E-state index contributed by atoms with van der Waals surface area (Å²) in [5.41, 5.74) is 1.89. The van der Waals surface area contributed by atoms with Gasteiger partial charge in [0.1, 0.15) is 0 Å². The highest BCUT2D eigenvalue weighted by atomic mass is 32.3. The standard InChI is InChI=1S/C11H11FO2S/c12-15(13,14)11-7-3-6-9-4-1-2-5-10(9)8-11/h1-2,4-5,8H,3,6-7H2. The summed E-state index contributed by atoms with van der Waals surface area (Å²) in [6.45, 7) is 0. The normalized spacial score (nSPS) is 16.5. The van der Waals surface area contributed by atoms with Gasteiger partial charge in [-0.2, -0.15) is 8.42 Å². The first-order chi connectivity index (χ1) is 7.07. The number of aryl methyl sites for hydroxylation is 1. The predicted octanol–water partition coefficient (Wildman–Crippen LogP) is 2.66. The van der Waals surface area contributed by atoms with E-state index in [1.54, 1.807) is 0 Å². The van der Waals surface area contributed by atoms with Crippen LogP contribution in [0.1, 0.15) is 24.0 Å². The Bertz CT molecular complexity index is 503. The average molecular weight is 226 g/mol. The Morgan fingerprint density at radius 2 is 1.87 bits per heavy atom. The van der Waals surface area contributed by atoms with E-state index in [9.17, 15) is 12.3 Å². The van der Waals surface area contributed by atoms with Crippen molar-refractivity contribution in [1.29, 1.82) is 0 Å². The quantitative estimate of drug-likeness (QED) is 0.690. The Hall–Kier alpha value is -1.16. The van der Waals surface area contributed by atoms with Gasteiger partial charge < -0.3 is 0 Å². The molecule has 15 heavy (non-hydrogen) atoms. The zero-order valence-electron chi connectivity index (χ0n) is 8.11. The summed E-state index contributed by atoms with van der Waals surface area (Å²) in [6, 6.07) is 7.48. The average Bonchev–Trinajstić information content (AvgIpc) is 2.38. The van der Waals surface area contributed by atoms with Crippen LogP contribution in [-0.2, 0) is 16.6 Å². The minimum Gasteiger partial charge on any atom is -0.190 e. The van der Waals surface area contributed by atoms with Crippen molar-refractivity contribution >= 4 is 16.3 Å². The van der Waals surface area contributed by atoms with Crippen LogP contribution in [-0.4, -0.2) is 8.42 Å². The van der Waals surface area contributed by atoms with Gasteiger partial charge in [0.05, 0.1) is 4.91 Å². The van der Waals surface area contributed by atoms with E-state index in [1.165, 1.54) is 6.08 Å². The summed E-state index contributed by atoms with van der Waals surface area (Å²) in [5.74, 6) is 0. The second-order valence-electron chi connectivity index (χ2n) is 3.60. The van der Waals surface area contributed by atoms with Gasteiger partial charge in [-0.15, -0.1) is 3.89 Å². The van der Waals surface area contributed by atoms with Crippen molar-refractivity contribution in [3.05, 3.63) is 40.3 Å². The fourth-order valence-electron chi connectivity index (χ4n) is 1.79. The third-order valence-electron chi connectivity index (χ3n) is 2.55. The lowest BCUT2D eigenvalue weighted by molar-refractivity contribution is 0.557. The van der Waals surface area contributed by atoms with Crippen molar-refractivity contribution < 1.29 is 12.3 Å². The molecular formula is C11H11FO2S. The molecule has 4 heteroatoms. The second-order valence-corrected chi connectivity index (χ2v) is 5.00. The van der Waals surface area contributed by atoms with E-state index in [0.717, 1.165) is 17.5 Å². The number of benzene rings is 1. The summed E-state index contributed by atoms with van der Waals surface area (Å²) >= 11 is 0. The molecule has 80 valence electrons. The number of allylic oxidation sites excluding steroid dienone is 1. The van der Waals surface area contributed by atoms with Crippen LogP contribution in [0.25, 0.3) is 6.08 Å². The Kier molecular flexibility index (Phi) is 2.61. The molecule has 0 saturated carbocycles. The van der Waals surface area contributed by atoms with Crippen LogP contribution in [0.15, 0.2) is 29.2 Å². The van der Waals surface area contributed by atoms with Crippen LogP contribution >= 0.6 is 0 Å². The molecule has 0 atom stereocenters. The summed E-state index contributed by atoms with van der Waals surface area (Å²) in [4.78, 5) is -0.104. The van der Waals surface area contributed by atoms with Crippen LogP contribution in [0.5, 0.6) is 0 Å². The van der Waals surface area contributed by atoms with Crippen LogP contribution in [0, 0.1) is 0 Å². The van der Waals surface area contributed by atoms with E-state index in [2.05, 4.69) is 0 Å². The Morgan fingerprint density at radius 1 is 1.13 bits per heavy atom. The minimum atomic E-state index is -4.53. The molecule has 0 saturated heterocycles. The number of rotatable bonds is 1. The molecule has 2 rings (SSSR count). The number of hydrogen-bond acceptors (Lipinski definition) is 2. The van der Waals surface area contributed by atoms with E-state index in [0.29, 0.717) is 6.42 Å². The number of hydrogen-bond donors (Lipinski definition) is 0. The van der Waals surface area contributed by atoms with Gasteiger partial charge in [-0.1, -0.05) is 24.3 Å². The highest BCUT2D eigenvalue weighted by molar-refractivity contribution is 7.90. The van der Waals surface area contributed by atoms with Crippen molar-refractivity contribution in [2.24, 2.45) is 0 Å². The maximum absolute atomic E-state index is 12.9. The van der Waals surface area contributed by atoms with E-state index in [4.69, 9.17) is 0 Å². The van der Waals surface area contributed by atoms with Gasteiger partial charge in [-0.25, -0.2) is 0 Å². The molecule has 0 aromatic heterocycles. The largest absolute Gasteiger partial charge is 0.328 e. The van der Waals surface area contributed by atoms with Gasteiger partial charge >= 0.3 is 10.2 Å². The van der Waals surface area contributed by atoms with Crippen molar-refractivity contribution in [2.75, 3.05) is 0 Å². The lowest BCUT2D eigenvalue weighted by Crippen LogP contribution is -1.95. The Balaban J connectivity index is 2.52. The summed E-state index contributed by atoms with van der Waals surface area (Å²) in [7, 11) is -4.53. The summed E-state index contributed by atoms with van der Waals surface area (Å²) < 4.78 is 34.5. The Labute approximate surface area is 88.6 Å². The molecule has 0 aliphatic heterocycles. The molecule has 0 bridgehead atoms. The molecular weight excluding hydrogens is 215 g/mol. The van der Waals surface area contributed by atoms with E-state index < -0.39 is 10.2 Å². The first-order valence-corrected chi connectivity index (χ1v) is 6.19. The molecule has 0 unspecified atom stereocenters. The van der Waals surface area contributed by atoms with Gasteiger partial charge in [-0.05, 0) is 36.5 Å². The van der Waals surface area contributed by atoms with Crippen LogP contribution < -0.4 is 0 Å². The van der Waals surface area contributed by atoms with E-state index in [-0.39, 0.29) is 11.3 Å². The lowest BCUT2D eigenvalue weighted by atomic mass is 10.1. The minimum absolute atomic E-state index is 0.104. The first kappa shape index (κ1) is 10.4. The highest BCUT2D eigenvalue weighted by Gasteiger charge is 2.18. The monoisotopic (exact) mass is 226 g/mol. The van der Waals surface area contributed by atoms with E-state index >= 15 is 0 Å². The number of fused-ring (bicyclic) bond motifs is 1. The van der Waals surface area contributed by atoms with Gasteiger partial charge in [0.25, 0.3) is 0 Å². The maximum Gasteiger partial charge on any atom is 0.328 e. The molecule has 2 nitrogen and oxygen atoms in total. The molecule has 0 heterocycles. The molecule has 0 N–H and O–H groups in total. The smallest absolute Gasteiger partial charge is 0.190 e. The molecule has 1 aliphatic rings. The second kappa shape index (κ2) is 3.77. The molecule has 1 aromatic carbocycles. The predicted molar refractivity (Wildman–Crippen MR) is 57.4 cm³/mol. The van der Waals surface area contributed by atoms with Crippen molar-refractivity contribution in [3.8, 4) is 0 Å². The van der Waals surface area contributed by atoms with Crippen LogP contribution in [0.4, 0.5) is 3.89 Å². The summed E-state index contributed by atoms with van der Waals surface area (Å²) in [5, 5.41) is 0. The fourth-order valence-corrected chi connectivity index (χ4v) is 2.45. The zero-order chi connectivity index (χ0) is 10.9. The number of halogens is 1. The van der Waals surface area contributed by atoms with Crippen molar-refractivity contribution in [3.63, 3.8) is 0 Å². The third kappa shape index (κ3) is 2.26. The molecule has 1 aliphatic carbocycles. The van der Waals surface area contributed by atoms with Crippen molar-refractivity contribution in [2.45, 2.75) is 19.3 Å². The van der Waals surface area contributed by atoms with Gasteiger partial charge in [0.15, 0.2) is 0 Å². The highest BCUT2D eigenvalue weighted by Crippen LogP contribution is 2.26. The third-order valence-corrected chi connectivity index (χ3v) is 3.50. The van der Waals surface area contributed by atoms with E-state index in [1.807, 2.05) is 24.3 Å². The molecule has 0 radical (unpaired) electrons. The SMILES string of the molecule is O=S(=O)(F)C1=Cc2ccccc2CCC1. The van der Waals surface area contributed by atoms with Gasteiger partial charge in [-0.3, -0.25) is 0 Å². The first-order valence-electron chi connectivity index (χ1n) is 4.80. The molecule has 0 spiro atoms. The summed E-state index contributed by atoms with van der Waals surface area (Å²) in [6.07, 6.45) is 3.20. The zero-order valence-corrected chi connectivity index (χ0v) is 8.93. The van der Waals surface area contributed by atoms with Gasteiger partial charge in [0, 0.05) is 0 Å². The Morgan fingerprint density at radius 3 is 2.60 bits per heavy atom. The molecule has 0 fully saturated rings. The van der Waals surface area contributed by atoms with Crippen molar-refractivity contribution in [1.82, 2.24) is 0 Å².